The number of rotatable bonds is 8. The number of methoxy groups -OCH3 is 1. The van der Waals surface area contributed by atoms with Gasteiger partial charge >= 0.3 is 0 Å². The summed E-state index contributed by atoms with van der Waals surface area (Å²) in [5.74, 6) is 0.565. The fraction of sp³-hybridized carbons (Fsp3) is 0.0833. The van der Waals surface area contributed by atoms with Crippen LogP contribution in [0.15, 0.2) is 77.2 Å². The summed E-state index contributed by atoms with van der Waals surface area (Å²) in [6, 6.07) is 19.8. The predicted molar refractivity (Wildman–Crippen MR) is 128 cm³/mol. The number of hydrazone groups is 1. The highest BCUT2D eigenvalue weighted by Gasteiger charge is 2.11. The molecule has 0 aliphatic carbocycles. The number of nitrogens with one attached hydrogen (secondary N) is 1. The Balaban J connectivity index is 1.40. The van der Waals surface area contributed by atoms with Gasteiger partial charge in [-0.3, -0.25) is 5.43 Å². The van der Waals surface area contributed by atoms with Crippen LogP contribution in [0.3, 0.4) is 0 Å². The van der Waals surface area contributed by atoms with Gasteiger partial charge in [-0.05, 0) is 35.9 Å². The molecule has 5 nitrogen and oxygen atoms in total. The maximum absolute atomic E-state index is 14.0. The Bertz CT molecular complexity index is 1210. The van der Waals surface area contributed by atoms with Crippen LogP contribution in [0.25, 0.3) is 11.3 Å². The van der Waals surface area contributed by atoms with Gasteiger partial charge < -0.3 is 9.47 Å². The Morgan fingerprint density at radius 1 is 1.09 bits per heavy atom. The molecule has 0 atom stereocenters. The summed E-state index contributed by atoms with van der Waals surface area (Å²) in [4.78, 5) is 4.53. The van der Waals surface area contributed by atoms with Crippen molar-refractivity contribution in [2.24, 2.45) is 5.10 Å². The molecule has 1 aromatic heterocycles. The molecule has 3 aromatic carbocycles. The van der Waals surface area contributed by atoms with Crippen molar-refractivity contribution in [1.82, 2.24) is 4.98 Å². The lowest BCUT2D eigenvalue weighted by molar-refractivity contribution is 0.280. The van der Waals surface area contributed by atoms with Crippen LogP contribution in [0.1, 0.15) is 11.1 Å². The first-order chi connectivity index (χ1) is 15.6. The minimum atomic E-state index is -0.413. The normalized spacial score (nSPS) is 11.0. The van der Waals surface area contributed by atoms with Crippen molar-refractivity contribution < 1.29 is 13.9 Å². The number of halogens is 2. The summed E-state index contributed by atoms with van der Waals surface area (Å²) in [7, 11) is 1.54. The van der Waals surface area contributed by atoms with Gasteiger partial charge in [0.2, 0.25) is 5.13 Å². The Hall–Kier alpha value is -3.42. The van der Waals surface area contributed by atoms with Crippen molar-refractivity contribution in [3.8, 4) is 22.8 Å². The molecule has 0 saturated heterocycles. The summed E-state index contributed by atoms with van der Waals surface area (Å²) in [5, 5.41) is 7.23. The number of benzene rings is 3. The summed E-state index contributed by atoms with van der Waals surface area (Å²) < 4.78 is 25.1. The van der Waals surface area contributed by atoms with Gasteiger partial charge in [0.1, 0.15) is 12.4 Å². The molecule has 1 heterocycles. The molecule has 0 radical (unpaired) electrons. The molecule has 32 heavy (non-hydrogen) atoms. The Kier molecular flexibility index (Phi) is 6.99. The fourth-order valence-electron chi connectivity index (χ4n) is 2.93. The van der Waals surface area contributed by atoms with Gasteiger partial charge in [0.05, 0.1) is 24.0 Å². The van der Waals surface area contributed by atoms with E-state index in [1.54, 1.807) is 30.5 Å². The minimum absolute atomic E-state index is 0.00927. The molecule has 0 aliphatic rings. The molecule has 4 aromatic rings. The molecule has 1 N–H and O–H groups in total. The molecule has 0 fully saturated rings. The molecule has 0 spiro atoms. The average molecular weight is 468 g/mol. The van der Waals surface area contributed by atoms with Crippen LogP contribution in [0, 0.1) is 5.82 Å². The maximum Gasteiger partial charge on any atom is 0.203 e. The van der Waals surface area contributed by atoms with E-state index in [2.05, 4.69) is 15.5 Å². The van der Waals surface area contributed by atoms with E-state index in [1.807, 2.05) is 41.8 Å². The standard InChI is InChI=1S/C24H19ClFN3O2S/c1-30-23-12-16(10-11-22(23)31-14-18-19(25)8-5-9-20(18)26)13-27-29-24-28-21(15-32-24)17-6-3-2-4-7-17/h2-13,15H,14H2,1H3,(H,28,29). The van der Waals surface area contributed by atoms with Gasteiger partial charge in [0, 0.05) is 16.5 Å². The topological polar surface area (TPSA) is 55.7 Å². The summed E-state index contributed by atoms with van der Waals surface area (Å²) in [6.07, 6.45) is 1.66. The zero-order valence-electron chi connectivity index (χ0n) is 17.1. The lowest BCUT2D eigenvalue weighted by Crippen LogP contribution is -2.01. The molecule has 8 heteroatoms. The first-order valence-corrected chi connectivity index (χ1v) is 10.9. The average Bonchev–Trinajstić information content (AvgIpc) is 3.29. The SMILES string of the molecule is COc1cc(C=NNc2nc(-c3ccccc3)cs2)ccc1OCc1c(F)cccc1Cl. The number of thiazole rings is 1. The third-order valence-corrected chi connectivity index (χ3v) is 5.67. The summed E-state index contributed by atoms with van der Waals surface area (Å²) in [6.45, 7) is -0.00927. The van der Waals surface area contributed by atoms with Gasteiger partial charge in [-0.25, -0.2) is 9.37 Å². The quantitative estimate of drug-likeness (QED) is 0.233. The zero-order valence-corrected chi connectivity index (χ0v) is 18.7. The van der Waals surface area contributed by atoms with E-state index in [0.29, 0.717) is 27.2 Å². The minimum Gasteiger partial charge on any atom is -0.493 e. The van der Waals surface area contributed by atoms with E-state index in [4.69, 9.17) is 21.1 Å². The van der Waals surface area contributed by atoms with Gasteiger partial charge in [0.15, 0.2) is 11.5 Å². The zero-order chi connectivity index (χ0) is 22.3. The molecule has 0 amide bonds. The smallest absolute Gasteiger partial charge is 0.203 e. The van der Waals surface area contributed by atoms with Gasteiger partial charge in [-0.1, -0.05) is 48.0 Å². The van der Waals surface area contributed by atoms with E-state index in [9.17, 15) is 4.39 Å². The summed E-state index contributed by atoms with van der Waals surface area (Å²) >= 11 is 7.53. The first-order valence-electron chi connectivity index (χ1n) is 9.68. The van der Waals surface area contributed by atoms with Crippen molar-refractivity contribution >= 4 is 34.3 Å². The monoisotopic (exact) mass is 467 g/mol. The Morgan fingerprint density at radius 3 is 2.72 bits per heavy atom. The third kappa shape index (κ3) is 5.25. The number of anilines is 1. The van der Waals surface area contributed by atoms with E-state index in [1.165, 1.54) is 24.5 Å². The number of hydrogen-bond donors (Lipinski definition) is 1. The lowest BCUT2D eigenvalue weighted by atomic mass is 10.2. The van der Waals surface area contributed by atoms with Gasteiger partial charge in [-0.2, -0.15) is 5.10 Å². The highest BCUT2D eigenvalue weighted by atomic mass is 35.5. The fourth-order valence-corrected chi connectivity index (χ4v) is 3.82. The van der Waals surface area contributed by atoms with Crippen molar-refractivity contribution in [3.63, 3.8) is 0 Å². The molecule has 0 aliphatic heterocycles. The van der Waals surface area contributed by atoms with Crippen LogP contribution >= 0.6 is 22.9 Å². The number of hydrogen-bond acceptors (Lipinski definition) is 6. The molecular formula is C24H19ClFN3O2S. The predicted octanol–water partition coefficient (Wildman–Crippen LogP) is 6.64. The van der Waals surface area contributed by atoms with Crippen LogP contribution in [0.5, 0.6) is 11.5 Å². The molecule has 0 saturated carbocycles. The maximum atomic E-state index is 14.0. The Morgan fingerprint density at radius 2 is 1.94 bits per heavy atom. The largest absolute Gasteiger partial charge is 0.493 e. The molecule has 0 bridgehead atoms. The number of aromatic nitrogens is 1. The third-order valence-electron chi connectivity index (χ3n) is 4.57. The van der Waals surface area contributed by atoms with Crippen LogP contribution in [-0.4, -0.2) is 18.3 Å². The molecule has 0 unspecified atom stereocenters. The van der Waals surface area contributed by atoms with Gasteiger partial charge in [0.25, 0.3) is 0 Å². The molecule has 4 rings (SSSR count). The van der Waals surface area contributed by atoms with Gasteiger partial charge in [-0.15, -0.1) is 11.3 Å². The van der Waals surface area contributed by atoms with E-state index >= 15 is 0 Å². The second-order valence-corrected chi connectivity index (χ2v) is 7.94. The molecule has 162 valence electrons. The van der Waals surface area contributed by atoms with E-state index in [-0.39, 0.29) is 6.61 Å². The molecular weight excluding hydrogens is 449 g/mol. The van der Waals surface area contributed by atoms with Crippen molar-refractivity contribution in [3.05, 3.63) is 94.1 Å². The second-order valence-electron chi connectivity index (χ2n) is 6.67. The number of nitrogens with zero attached hydrogens (tertiary/aromatic N) is 2. The summed E-state index contributed by atoms with van der Waals surface area (Å²) in [5.41, 5.74) is 5.98. The van der Waals surface area contributed by atoms with Crippen LogP contribution in [-0.2, 0) is 6.61 Å². The van der Waals surface area contributed by atoms with Crippen molar-refractivity contribution in [1.29, 1.82) is 0 Å². The van der Waals surface area contributed by atoms with Crippen LogP contribution in [0.4, 0.5) is 9.52 Å². The number of ether oxygens (including phenoxy) is 2. The van der Waals surface area contributed by atoms with E-state index < -0.39 is 5.82 Å². The van der Waals surface area contributed by atoms with E-state index in [0.717, 1.165) is 16.8 Å². The van der Waals surface area contributed by atoms with Crippen molar-refractivity contribution in [2.45, 2.75) is 6.61 Å². The lowest BCUT2D eigenvalue weighted by Gasteiger charge is -2.12. The Labute approximate surface area is 194 Å². The highest BCUT2D eigenvalue weighted by molar-refractivity contribution is 7.14. The first kappa shape index (κ1) is 21.8. The van der Waals surface area contributed by atoms with Crippen LogP contribution < -0.4 is 14.9 Å². The van der Waals surface area contributed by atoms with Crippen molar-refractivity contribution in [2.75, 3.05) is 12.5 Å². The second kappa shape index (κ2) is 10.3. The van der Waals surface area contributed by atoms with Crippen LogP contribution in [0.2, 0.25) is 5.02 Å². The highest BCUT2D eigenvalue weighted by Crippen LogP contribution is 2.30.